The van der Waals surface area contributed by atoms with Gasteiger partial charge in [0.15, 0.2) is 0 Å². The lowest BCUT2D eigenvalue weighted by Crippen LogP contribution is -2.35. The second-order valence-corrected chi connectivity index (χ2v) is 7.19. The molecule has 5 rings (SSSR count). The quantitative estimate of drug-likeness (QED) is 0.337. The summed E-state index contributed by atoms with van der Waals surface area (Å²) in [5.41, 5.74) is 0. The lowest BCUT2D eigenvalue weighted by molar-refractivity contribution is -0.152. The first-order chi connectivity index (χ1) is 9.31. The van der Waals surface area contributed by atoms with E-state index in [0.29, 0.717) is 12.5 Å². The Morgan fingerprint density at radius 3 is 2.74 bits per heavy atom. The third kappa shape index (κ3) is 1.45. The van der Waals surface area contributed by atoms with E-state index in [0.717, 1.165) is 42.6 Å². The number of ether oxygens (including phenoxy) is 2. The molecule has 3 heteroatoms. The van der Waals surface area contributed by atoms with Gasteiger partial charge in [-0.05, 0) is 54.8 Å². The zero-order valence-electron chi connectivity index (χ0n) is 11.0. The molecule has 0 amide bonds. The van der Waals surface area contributed by atoms with Gasteiger partial charge in [0, 0.05) is 0 Å². The van der Waals surface area contributed by atoms with Crippen molar-refractivity contribution in [1.29, 1.82) is 0 Å². The van der Waals surface area contributed by atoms with Crippen LogP contribution in [-0.4, -0.2) is 25.3 Å². The van der Waals surface area contributed by atoms with Crippen LogP contribution in [0, 0.1) is 41.4 Å². The maximum absolute atomic E-state index is 12.3. The van der Waals surface area contributed by atoms with Gasteiger partial charge in [-0.1, -0.05) is 12.2 Å². The Kier molecular flexibility index (Phi) is 2.08. The van der Waals surface area contributed by atoms with Crippen molar-refractivity contribution < 1.29 is 14.3 Å². The molecular formula is C16H20O3. The van der Waals surface area contributed by atoms with Crippen LogP contribution in [0.5, 0.6) is 0 Å². The molecule has 4 aliphatic carbocycles. The summed E-state index contributed by atoms with van der Waals surface area (Å²) in [6, 6.07) is 0. The van der Waals surface area contributed by atoms with E-state index in [1.165, 1.54) is 12.8 Å². The largest absolute Gasteiger partial charge is 0.463 e. The van der Waals surface area contributed by atoms with Crippen LogP contribution in [0.25, 0.3) is 0 Å². The Labute approximate surface area is 113 Å². The van der Waals surface area contributed by atoms with Crippen molar-refractivity contribution >= 4 is 5.97 Å². The van der Waals surface area contributed by atoms with Crippen LogP contribution in [0.15, 0.2) is 12.2 Å². The highest BCUT2D eigenvalue weighted by molar-refractivity contribution is 5.73. The van der Waals surface area contributed by atoms with Gasteiger partial charge in [0.25, 0.3) is 0 Å². The van der Waals surface area contributed by atoms with Crippen molar-refractivity contribution in [2.45, 2.75) is 25.4 Å². The number of esters is 1. The molecule has 0 aromatic heterocycles. The first-order valence-electron chi connectivity index (χ1n) is 7.78. The summed E-state index contributed by atoms with van der Waals surface area (Å²) in [5.74, 6) is 4.96. The Morgan fingerprint density at radius 1 is 1.16 bits per heavy atom. The smallest absolute Gasteiger partial charge is 0.309 e. The van der Waals surface area contributed by atoms with Gasteiger partial charge in [0.1, 0.15) is 12.7 Å². The second kappa shape index (κ2) is 3.63. The standard InChI is InChI=1S/C16H20O3/c17-16(19-7-11-6-18-11)13-5-10-4-12(13)15-9-2-1-8(3-9)14(10)15/h1-2,8-15H,3-7H2. The summed E-state index contributed by atoms with van der Waals surface area (Å²) in [5, 5.41) is 0. The van der Waals surface area contributed by atoms with Crippen molar-refractivity contribution in [1.82, 2.24) is 0 Å². The summed E-state index contributed by atoms with van der Waals surface area (Å²) in [7, 11) is 0. The third-order valence-electron chi connectivity index (χ3n) is 6.39. The van der Waals surface area contributed by atoms with E-state index in [2.05, 4.69) is 12.2 Å². The van der Waals surface area contributed by atoms with Gasteiger partial charge in [-0.3, -0.25) is 4.79 Å². The molecule has 0 aromatic carbocycles. The SMILES string of the molecule is O=C(OCC1CO1)C1CC2CC1C1C3C=CC(C3)C21. The van der Waals surface area contributed by atoms with Crippen molar-refractivity contribution in [3.05, 3.63) is 12.2 Å². The minimum absolute atomic E-state index is 0.0632. The summed E-state index contributed by atoms with van der Waals surface area (Å²) in [6.45, 7) is 1.25. The predicted octanol–water partition coefficient (Wildman–Crippen LogP) is 2.02. The molecule has 8 atom stereocenters. The van der Waals surface area contributed by atoms with Gasteiger partial charge >= 0.3 is 5.97 Å². The number of hydrogen-bond acceptors (Lipinski definition) is 3. The summed E-state index contributed by atoms with van der Waals surface area (Å²) in [4.78, 5) is 12.3. The zero-order chi connectivity index (χ0) is 12.6. The molecule has 3 saturated carbocycles. The Hall–Kier alpha value is -0.830. The fourth-order valence-electron chi connectivity index (χ4n) is 5.73. The summed E-state index contributed by atoms with van der Waals surface area (Å²) >= 11 is 0. The fourth-order valence-corrected chi connectivity index (χ4v) is 5.73. The molecule has 0 aromatic rings. The molecule has 4 bridgehead atoms. The number of hydrogen-bond donors (Lipinski definition) is 0. The molecule has 5 aliphatic rings. The normalized spacial score (nSPS) is 55.6. The lowest BCUT2D eigenvalue weighted by Gasteiger charge is -2.35. The maximum atomic E-state index is 12.3. The van der Waals surface area contributed by atoms with Crippen molar-refractivity contribution in [3.63, 3.8) is 0 Å². The highest BCUT2D eigenvalue weighted by Crippen LogP contribution is 2.67. The van der Waals surface area contributed by atoms with E-state index in [9.17, 15) is 4.79 Å². The van der Waals surface area contributed by atoms with Crippen LogP contribution in [0.1, 0.15) is 19.3 Å². The lowest BCUT2D eigenvalue weighted by atomic mass is 9.69. The van der Waals surface area contributed by atoms with Crippen LogP contribution in [0.2, 0.25) is 0 Å². The number of epoxide rings is 1. The molecule has 0 spiro atoms. The van der Waals surface area contributed by atoms with E-state index < -0.39 is 0 Å². The molecule has 0 N–H and O–H groups in total. The number of carbonyl (C=O) groups excluding carboxylic acids is 1. The van der Waals surface area contributed by atoms with Crippen LogP contribution in [0.3, 0.4) is 0 Å². The molecule has 1 saturated heterocycles. The van der Waals surface area contributed by atoms with Gasteiger partial charge in [-0.25, -0.2) is 0 Å². The molecular weight excluding hydrogens is 240 g/mol. The molecule has 102 valence electrons. The number of allylic oxidation sites excluding steroid dienone is 2. The minimum atomic E-state index is 0.0632. The van der Waals surface area contributed by atoms with E-state index in [1.807, 2.05) is 0 Å². The second-order valence-electron chi connectivity index (χ2n) is 7.19. The number of rotatable bonds is 3. The van der Waals surface area contributed by atoms with Crippen LogP contribution >= 0.6 is 0 Å². The average Bonchev–Trinajstić information content (AvgIpc) is 2.87. The van der Waals surface area contributed by atoms with E-state index >= 15 is 0 Å². The van der Waals surface area contributed by atoms with Crippen LogP contribution < -0.4 is 0 Å². The fraction of sp³-hybridized carbons (Fsp3) is 0.812. The van der Waals surface area contributed by atoms with Gasteiger partial charge < -0.3 is 9.47 Å². The van der Waals surface area contributed by atoms with Crippen LogP contribution in [0.4, 0.5) is 0 Å². The van der Waals surface area contributed by atoms with E-state index in [1.54, 1.807) is 0 Å². The van der Waals surface area contributed by atoms with Crippen molar-refractivity contribution in [3.8, 4) is 0 Å². The molecule has 8 unspecified atom stereocenters. The molecule has 1 aliphatic heterocycles. The minimum Gasteiger partial charge on any atom is -0.463 e. The van der Waals surface area contributed by atoms with Crippen molar-refractivity contribution in [2.75, 3.05) is 13.2 Å². The average molecular weight is 260 g/mol. The number of carbonyl (C=O) groups is 1. The topological polar surface area (TPSA) is 38.8 Å². The van der Waals surface area contributed by atoms with Crippen molar-refractivity contribution in [2.24, 2.45) is 41.4 Å². The van der Waals surface area contributed by atoms with Gasteiger partial charge in [0.05, 0.1) is 12.5 Å². The number of fused-ring (bicyclic) bond motifs is 9. The Balaban J connectivity index is 1.32. The van der Waals surface area contributed by atoms with Gasteiger partial charge in [-0.15, -0.1) is 0 Å². The Morgan fingerprint density at radius 2 is 1.95 bits per heavy atom. The molecule has 0 radical (unpaired) electrons. The predicted molar refractivity (Wildman–Crippen MR) is 68.1 cm³/mol. The Bertz CT molecular complexity index is 453. The summed E-state index contributed by atoms with van der Waals surface area (Å²) < 4.78 is 10.6. The zero-order valence-corrected chi connectivity index (χ0v) is 11.0. The first kappa shape index (κ1) is 10.9. The molecule has 1 heterocycles. The third-order valence-corrected chi connectivity index (χ3v) is 6.39. The maximum Gasteiger partial charge on any atom is 0.309 e. The summed E-state index contributed by atoms with van der Waals surface area (Å²) in [6.07, 6.45) is 8.80. The molecule has 4 fully saturated rings. The molecule has 3 nitrogen and oxygen atoms in total. The van der Waals surface area contributed by atoms with Crippen LogP contribution in [-0.2, 0) is 14.3 Å². The monoisotopic (exact) mass is 260 g/mol. The van der Waals surface area contributed by atoms with E-state index in [-0.39, 0.29) is 18.0 Å². The van der Waals surface area contributed by atoms with Gasteiger partial charge in [-0.2, -0.15) is 0 Å². The van der Waals surface area contributed by atoms with Gasteiger partial charge in [0.2, 0.25) is 0 Å². The first-order valence-corrected chi connectivity index (χ1v) is 7.78. The van der Waals surface area contributed by atoms with E-state index in [4.69, 9.17) is 9.47 Å². The highest BCUT2D eigenvalue weighted by Gasteiger charge is 2.62. The highest BCUT2D eigenvalue weighted by atomic mass is 16.6. The molecule has 19 heavy (non-hydrogen) atoms.